The Morgan fingerprint density at radius 3 is 2.20 bits per heavy atom. The average Bonchev–Trinajstić information content (AvgIpc) is 2.11. The molecule has 0 bridgehead atoms. The Bertz CT molecular complexity index is 3890. The van der Waals surface area contributed by atoms with Crippen LogP contribution in [0.3, 0.4) is 0 Å². The van der Waals surface area contributed by atoms with E-state index in [1.165, 1.54) is 36.7 Å². The number of aromatic nitrogens is 7. The number of H-pyrrole nitrogens is 1. The van der Waals surface area contributed by atoms with Gasteiger partial charge in [0, 0.05) is 138 Å². The SMILES string of the molecule is CC1CN(CC(=O)N2CC(C)(C)c3ncc(Cc4ccc(F)cc4)cc32)C(CN2CCN(C(=O)c3cnc(N4CCN(CCOc5cc6ncnc(Nc7n[nH]c8ccc(F)cc78)c6cc5S(=O)(=O)C(C)(C)C)CC4)nc3)C[C@H]2C)CN1C(=O)OC(C)(C)C. The van der Waals surface area contributed by atoms with Crippen molar-refractivity contribution in [1.29, 1.82) is 0 Å². The summed E-state index contributed by atoms with van der Waals surface area (Å²) in [5.41, 5.74) is 3.86. The minimum absolute atomic E-state index is 0.00388. The van der Waals surface area contributed by atoms with Crippen LogP contribution < -0.4 is 19.9 Å². The maximum atomic E-state index is 14.7. The number of amides is 3. The van der Waals surface area contributed by atoms with Crippen LogP contribution in [0.2, 0.25) is 0 Å². The minimum atomic E-state index is -3.94. The molecule has 8 heterocycles. The third kappa shape index (κ3) is 13.6. The van der Waals surface area contributed by atoms with E-state index >= 15 is 0 Å². The number of fused-ring (bicyclic) bond motifs is 3. The molecule has 2 N–H and O–H groups in total. The molecule has 0 spiro atoms. The largest absolute Gasteiger partial charge is 0.491 e. The third-order valence-electron chi connectivity index (χ3n) is 17.2. The lowest BCUT2D eigenvalue weighted by atomic mass is 9.91. The number of hydrogen-bond donors (Lipinski definition) is 2. The van der Waals surface area contributed by atoms with Crippen LogP contribution >= 0.6 is 0 Å². The zero-order valence-corrected chi connectivity index (χ0v) is 53.1. The van der Waals surface area contributed by atoms with Gasteiger partial charge in [-0.15, -0.1) is 0 Å². The van der Waals surface area contributed by atoms with Crippen LogP contribution in [0.25, 0.3) is 21.8 Å². The number of ether oxygens (including phenoxy) is 2. The van der Waals surface area contributed by atoms with Gasteiger partial charge in [0.15, 0.2) is 15.7 Å². The highest BCUT2D eigenvalue weighted by atomic mass is 32.2. The van der Waals surface area contributed by atoms with E-state index in [1.807, 2.05) is 49.8 Å². The molecule has 25 heteroatoms. The predicted molar refractivity (Wildman–Crippen MR) is 336 cm³/mol. The predicted octanol–water partition coefficient (Wildman–Crippen LogP) is 7.86. The highest BCUT2D eigenvalue weighted by molar-refractivity contribution is 7.92. The second kappa shape index (κ2) is 24.8. The summed E-state index contributed by atoms with van der Waals surface area (Å²) in [6.45, 7) is 25.4. The summed E-state index contributed by atoms with van der Waals surface area (Å²) in [6, 6.07) is 15.3. The summed E-state index contributed by atoms with van der Waals surface area (Å²) >= 11 is 0. The van der Waals surface area contributed by atoms with Crippen LogP contribution in [0.1, 0.15) is 96.4 Å². The Morgan fingerprint density at radius 1 is 0.764 bits per heavy atom. The Labute approximate surface area is 517 Å². The van der Waals surface area contributed by atoms with E-state index < -0.39 is 32.1 Å². The number of sulfone groups is 1. The summed E-state index contributed by atoms with van der Waals surface area (Å²) in [6.07, 6.45) is 6.52. The van der Waals surface area contributed by atoms with Crippen molar-refractivity contribution in [1.82, 2.24) is 59.6 Å². The molecule has 89 heavy (non-hydrogen) atoms. The van der Waals surface area contributed by atoms with Gasteiger partial charge in [-0.1, -0.05) is 26.0 Å². The van der Waals surface area contributed by atoms with Gasteiger partial charge in [0.05, 0.1) is 39.3 Å². The zero-order valence-electron chi connectivity index (χ0n) is 52.3. The van der Waals surface area contributed by atoms with Gasteiger partial charge >= 0.3 is 6.09 Å². The molecule has 4 aliphatic heterocycles. The molecular formula is C64H79F2N15O7S. The molecule has 0 radical (unpaired) electrons. The van der Waals surface area contributed by atoms with Gasteiger partial charge in [0.25, 0.3) is 5.91 Å². The van der Waals surface area contributed by atoms with Crippen LogP contribution in [-0.2, 0) is 31.2 Å². The van der Waals surface area contributed by atoms with Crippen molar-refractivity contribution in [2.75, 3.05) is 107 Å². The van der Waals surface area contributed by atoms with Crippen molar-refractivity contribution in [3.8, 4) is 5.75 Å². The van der Waals surface area contributed by atoms with Gasteiger partial charge in [-0.3, -0.25) is 34.4 Å². The molecule has 7 aromatic rings. The first-order valence-electron chi connectivity index (χ1n) is 30.4. The van der Waals surface area contributed by atoms with Gasteiger partial charge in [-0.2, -0.15) is 5.10 Å². The number of piperazine rings is 3. The van der Waals surface area contributed by atoms with Crippen LogP contribution in [-0.4, -0.2) is 206 Å². The van der Waals surface area contributed by atoms with Crippen molar-refractivity contribution >= 4 is 72.8 Å². The first kappa shape index (κ1) is 62.6. The van der Waals surface area contributed by atoms with Crippen molar-refractivity contribution in [2.45, 2.75) is 114 Å². The second-order valence-corrected chi connectivity index (χ2v) is 29.2. The van der Waals surface area contributed by atoms with E-state index in [0.29, 0.717) is 130 Å². The highest BCUT2D eigenvalue weighted by Crippen LogP contribution is 2.41. The minimum Gasteiger partial charge on any atom is -0.491 e. The summed E-state index contributed by atoms with van der Waals surface area (Å²) in [7, 11) is -3.94. The molecule has 3 aromatic carbocycles. The first-order valence-corrected chi connectivity index (χ1v) is 31.8. The van der Waals surface area contributed by atoms with E-state index in [4.69, 9.17) is 14.5 Å². The topological polar surface area (TPSA) is 232 Å². The molecule has 3 amide bonds. The molecule has 2 unspecified atom stereocenters. The second-order valence-electron chi connectivity index (χ2n) is 26.5. The number of rotatable bonds is 15. The van der Waals surface area contributed by atoms with Gasteiger partial charge in [-0.25, -0.2) is 41.9 Å². The Morgan fingerprint density at radius 2 is 1.49 bits per heavy atom. The molecule has 472 valence electrons. The number of carbonyl (C=O) groups excluding carboxylic acids is 3. The van der Waals surface area contributed by atoms with E-state index in [9.17, 15) is 31.6 Å². The summed E-state index contributed by atoms with van der Waals surface area (Å²) in [5, 5.41) is 11.2. The van der Waals surface area contributed by atoms with Gasteiger partial charge in [-0.05, 0) is 115 Å². The van der Waals surface area contributed by atoms with Crippen molar-refractivity contribution in [3.63, 3.8) is 0 Å². The fourth-order valence-corrected chi connectivity index (χ4v) is 13.5. The number of aromatic amines is 1. The van der Waals surface area contributed by atoms with E-state index in [1.54, 1.807) is 62.3 Å². The van der Waals surface area contributed by atoms with Crippen molar-refractivity contribution in [3.05, 3.63) is 120 Å². The molecular weight excluding hydrogens is 1160 g/mol. The van der Waals surface area contributed by atoms with Gasteiger partial charge in [0.2, 0.25) is 11.9 Å². The summed E-state index contributed by atoms with van der Waals surface area (Å²) in [4.78, 5) is 79.9. The van der Waals surface area contributed by atoms with E-state index in [-0.39, 0.29) is 65.0 Å². The van der Waals surface area contributed by atoms with Crippen molar-refractivity contribution < 1.29 is 41.1 Å². The van der Waals surface area contributed by atoms with Crippen LogP contribution in [0.15, 0.2) is 90.5 Å². The standard InChI is InChI=1S/C64H79F2N15O7S/c1-40-33-78(22-21-77(40)35-47-36-80(61(84)88-62(3,4)5)41(2)34-79(47)37-55(82)81-38-64(9,10)56-52(81)26-43(30-67-56)25-42-11-13-45(65)14-12-42)59(83)44-31-68-60(69-32-44)76-19-17-75(18-20-76)23-24-87-53-29-51-49(28-54(53)89(85,86)63(6,7)8)57(71-39-70-51)72-58-48-27-46(66)15-16-50(48)73-74-58/h11-16,26-32,39-41,47H,17-25,33-38H2,1-10H3,(H2,70,71,72,73,74)/t40-,41?,47?/m1/s1. The molecule has 3 fully saturated rings. The molecule has 4 aliphatic rings. The lowest BCUT2D eigenvalue weighted by Gasteiger charge is -2.48. The Kier molecular flexibility index (Phi) is 17.4. The number of pyridine rings is 1. The first-order chi connectivity index (χ1) is 42.2. The maximum absolute atomic E-state index is 14.7. The number of carbonyl (C=O) groups is 3. The monoisotopic (exact) mass is 1240 g/mol. The normalized spacial score (nSPS) is 19.7. The number of halogens is 2. The Hall–Kier alpha value is -8.00. The molecule has 11 rings (SSSR count). The number of hydrogen-bond acceptors (Lipinski definition) is 18. The maximum Gasteiger partial charge on any atom is 0.410 e. The quantitative estimate of drug-likeness (QED) is 0.0995. The lowest BCUT2D eigenvalue weighted by Crippen LogP contribution is -2.65. The smallest absolute Gasteiger partial charge is 0.410 e. The van der Waals surface area contributed by atoms with Crippen LogP contribution in [0, 0.1) is 11.6 Å². The third-order valence-corrected chi connectivity index (χ3v) is 19.7. The molecule has 4 aromatic heterocycles. The van der Waals surface area contributed by atoms with E-state index in [2.05, 4.69) is 75.8 Å². The fourth-order valence-electron chi connectivity index (χ4n) is 12.2. The summed E-state index contributed by atoms with van der Waals surface area (Å²) in [5.74, 6) is 0.341. The van der Waals surface area contributed by atoms with Gasteiger partial charge in [0.1, 0.15) is 46.6 Å². The molecule has 3 saturated heterocycles. The van der Waals surface area contributed by atoms with E-state index in [0.717, 1.165) is 22.5 Å². The number of anilines is 4. The van der Waals surface area contributed by atoms with Crippen LogP contribution in [0.5, 0.6) is 5.75 Å². The number of nitrogens with zero attached hydrogens (tertiary/aromatic N) is 13. The van der Waals surface area contributed by atoms with Gasteiger partial charge < -0.3 is 34.4 Å². The molecule has 0 aliphatic carbocycles. The fraction of sp³-hybridized carbons (Fsp3) is 0.484. The Balaban J connectivity index is 0.696. The average molecular weight is 1240 g/mol. The van der Waals surface area contributed by atoms with Crippen LogP contribution in [0.4, 0.5) is 36.8 Å². The highest BCUT2D eigenvalue weighted by Gasteiger charge is 2.44. The van der Waals surface area contributed by atoms with Crippen molar-refractivity contribution in [2.24, 2.45) is 0 Å². The molecule has 22 nitrogen and oxygen atoms in total. The zero-order chi connectivity index (χ0) is 63.3. The lowest BCUT2D eigenvalue weighted by molar-refractivity contribution is -0.121. The molecule has 3 atom stereocenters. The number of nitrogens with one attached hydrogen (secondary N) is 2. The molecule has 0 saturated carbocycles. The summed E-state index contributed by atoms with van der Waals surface area (Å²) < 4.78 is 67.3. The number of benzene rings is 3.